The van der Waals surface area contributed by atoms with E-state index in [1.165, 1.54) is 35.3 Å². The largest absolute Gasteiger partial charge is 0.338 e. The van der Waals surface area contributed by atoms with Crippen molar-refractivity contribution in [3.8, 4) is 0 Å². The molecule has 1 aliphatic rings. The molecule has 1 aromatic carbocycles. The Morgan fingerprint density at radius 1 is 1.30 bits per heavy atom. The fraction of sp³-hybridized carbons (Fsp3) is 0.467. The van der Waals surface area contributed by atoms with Gasteiger partial charge in [-0.3, -0.25) is 0 Å². The van der Waals surface area contributed by atoms with Crippen molar-refractivity contribution in [1.29, 1.82) is 0 Å². The topological polar surface area (TPSA) is 64.9 Å². The highest BCUT2D eigenvalue weighted by Gasteiger charge is 2.21. The van der Waals surface area contributed by atoms with Crippen LogP contribution in [0.15, 0.2) is 27.6 Å². The van der Waals surface area contributed by atoms with E-state index in [4.69, 9.17) is 10.3 Å². The zero-order valence-corrected chi connectivity index (χ0v) is 12.7. The van der Waals surface area contributed by atoms with Crippen molar-refractivity contribution in [2.45, 2.75) is 49.3 Å². The summed E-state index contributed by atoms with van der Waals surface area (Å²) >= 11 is 1.73. The molecule has 2 N–H and O–H groups in total. The fourth-order valence-electron chi connectivity index (χ4n) is 2.36. The molecule has 2 aromatic rings. The molecule has 3 rings (SSSR count). The van der Waals surface area contributed by atoms with Crippen LogP contribution in [0.25, 0.3) is 0 Å². The number of fused-ring (bicyclic) bond motifs is 1. The number of thioether (sulfide) groups is 1. The highest BCUT2D eigenvalue weighted by atomic mass is 32.2. The Hall–Kier alpha value is -1.33. The second-order valence-electron chi connectivity index (χ2n) is 5.81. The van der Waals surface area contributed by atoms with Crippen LogP contribution in [-0.4, -0.2) is 10.1 Å². The van der Waals surface area contributed by atoms with E-state index >= 15 is 0 Å². The molecular weight excluding hydrogens is 270 g/mol. The summed E-state index contributed by atoms with van der Waals surface area (Å²) in [5.74, 6) is 1.87. The van der Waals surface area contributed by atoms with Crippen LogP contribution in [0.1, 0.15) is 43.1 Å². The van der Waals surface area contributed by atoms with E-state index in [2.05, 4.69) is 28.3 Å². The predicted octanol–water partition coefficient (Wildman–Crippen LogP) is 3.04. The van der Waals surface area contributed by atoms with Gasteiger partial charge in [-0.05, 0) is 56.4 Å². The molecule has 0 radical (unpaired) electrons. The molecule has 0 saturated heterocycles. The average molecular weight is 289 g/mol. The Balaban J connectivity index is 1.66. The van der Waals surface area contributed by atoms with Gasteiger partial charge in [0.05, 0.1) is 11.3 Å². The molecule has 1 heterocycles. The number of hydrogen-bond acceptors (Lipinski definition) is 5. The van der Waals surface area contributed by atoms with E-state index in [0.717, 1.165) is 0 Å². The Kier molecular flexibility index (Phi) is 3.56. The highest BCUT2D eigenvalue weighted by molar-refractivity contribution is 7.98. The molecule has 0 amide bonds. The molecule has 0 atom stereocenters. The smallest absolute Gasteiger partial charge is 0.237 e. The quantitative estimate of drug-likeness (QED) is 0.876. The van der Waals surface area contributed by atoms with Gasteiger partial charge in [-0.2, -0.15) is 4.98 Å². The lowest BCUT2D eigenvalue weighted by atomic mass is 10.1. The van der Waals surface area contributed by atoms with Crippen LogP contribution in [0, 0.1) is 0 Å². The van der Waals surface area contributed by atoms with Crippen LogP contribution in [0.3, 0.4) is 0 Å². The molecule has 0 spiro atoms. The van der Waals surface area contributed by atoms with E-state index in [1.807, 2.05) is 13.8 Å². The van der Waals surface area contributed by atoms with Gasteiger partial charge in [0, 0.05) is 4.90 Å². The van der Waals surface area contributed by atoms with Gasteiger partial charge in [-0.15, -0.1) is 11.8 Å². The van der Waals surface area contributed by atoms with Crippen molar-refractivity contribution in [1.82, 2.24) is 10.1 Å². The van der Waals surface area contributed by atoms with Crippen LogP contribution in [0.5, 0.6) is 0 Å². The maximum absolute atomic E-state index is 5.95. The number of nitrogens with two attached hydrogens (primary N) is 1. The Morgan fingerprint density at radius 3 is 2.85 bits per heavy atom. The van der Waals surface area contributed by atoms with Gasteiger partial charge in [0.25, 0.3) is 0 Å². The van der Waals surface area contributed by atoms with Gasteiger partial charge >= 0.3 is 0 Å². The molecule has 1 aliphatic carbocycles. The minimum atomic E-state index is -0.556. The van der Waals surface area contributed by atoms with Gasteiger partial charge in [-0.25, -0.2) is 0 Å². The van der Waals surface area contributed by atoms with E-state index in [0.29, 0.717) is 17.5 Å². The summed E-state index contributed by atoms with van der Waals surface area (Å²) in [6, 6.07) is 6.71. The minimum Gasteiger partial charge on any atom is -0.338 e. The second-order valence-corrected chi connectivity index (χ2v) is 6.85. The highest BCUT2D eigenvalue weighted by Crippen LogP contribution is 2.29. The van der Waals surface area contributed by atoms with Crippen LogP contribution >= 0.6 is 11.8 Å². The molecule has 106 valence electrons. The molecule has 4 nitrogen and oxygen atoms in total. The average Bonchev–Trinajstić information content (AvgIpc) is 3.04. The first-order valence-corrected chi connectivity index (χ1v) is 7.87. The maximum atomic E-state index is 5.95. The van der Waals surface area contributed by atoms with E-state index in [9.17, 15) is 0 Å². The standard InChI is InChI=1S/C15H19N3OS/c1-15(2,16)14-17-13(19-18-14)9-20-12-7-6-10-4-3-5-11(10)8-12/h6-8H,3-5,9,16H2,1-2H3. The SMILES string of the molecule is CC(C)(N)c1noc(CSc2ccc3c(c2)CCC3)n1. The van der Waals surface area contributed by atoms with Crippen molar-refractivity contribution in [2.24, 2.45) is 5.73 Å². The van der Waals surface area contributed by atoms with Crippen LogP contribution in [0.4, 0.5) is 0 Å². The third kappa shape index (κ3) is 2.88. The van der Waals surface area contributed by atoms with Crippen molar-refractivity contribution >= 4 is 11.8 Å². The number of benzene rings is 1. The molecular formula is C15H19N3OS. The first kappa shape index (κ1) is 13.6. The summed E-state index contributed by atoms with van der Waals surface area (Å²) in [6.45, 7) is 3.74. The normalized spacial score (nSPS) is 14.6. The van der Waals surface area contributed by atoms with Crippen molar-refractivity contribution in [2.75, 3.05) is 0 Å². The van der Waals surface area contributed by atoms with E-state index < -0.39 is 5.54 Å². The minimum absolute atomic E-state index is 0.556. The second kappa shape index (κ2) is 5.22. The third-order valence-electron chi connectivity index (χ3n) is 3.48. The molecule has 0 fully saturated rings. The monoisotopic (exact) mass is 289 g/mol. The fourth-order valence-corrected chi connectivity index (χ4v) is 3.16. The summed E-state index contributed by atoms with van der Waals surface area (Å²) in [4.78, 5) is 5.61. The first-order chi connectivity index (χ1) is 9.52. The van der Waals surface area contributed by atoms with Gasteiger partial charge < -0.3 is 10.3 Å². The van der Waals surface area contributed by atoms with E-state index in [-0.39, 0.29) is 0 Å². The summed E-state index contributed by atoms with van der Waals surface area (Å²) < 4.78 is 5.24. The maximum Gasteiger partial charge on any atom is 0.237 e. The number of aromatic nitrogens is 2. The van der Waals surface area contributed by atoms with Crippen molar-refractivity contribution < 1.29 is 4.52 Å². The van der Waals surface area contributed by atoms with E-state index in [1.54, 1.807) is 11.8 Å². The van der Waals surface area contributed by atoms with Crippen molar-refractivity contribution in [3.63, 3.8) is 0 Å². The third-order valence-corrected chi connectivity index (χ3v) is 4.46. The summed E-state index contributed by atoms with van der Waals surface area (Å²) in [7, 11) is 0. The van der Waals surface area contributed by atoms with Gasteiger partial charge in [-0.1, -0.05) is 11.2 Å². The Labute approximate surface area is 123 Å². The summed E-state index contributed by atoms with van der Waals surface area (Å²) in [6.07, 6.45) is 3.71. The number of rotatable bonds is 4. The number of hydrogen-bond donors (Lipinski definition) is 1. The number of aryl methyl sites for hydroxylation is 2. The summed E-state index contributed by atoms with van der Waals surface area (Å²) in [5.41, 5.74) is 8.38. The molecule has 1 aromatic heterocycles. The molecule has 0 bridgehead atoms. The molecule has 5 heteroatoms. The van der Waals surface area contributed by atoms with Gasteiger partial charge in [0.1, 0.15) is 0 Å². The molecule has 0 aliphatic heterocycles. The first-order valence-electron chi connectivity index (χ1n) is 6.89. The van der Waals surface area contributed by atoms with Crippen molar-refractivity contribution in [3.05, 3.63) is 41.0 Å². The lowest BCUT2D eigenvalue weighted by Crippen LogP contribution is -2.30. The van der Waals surface area contributed by atoms with Gasteiger partial charge in [0.15, 0.2) is 5.82 Å². The lowest BCUT2D eigenvalue weighted by molar-refractivity contribution is 0.370. The zero-order chi connectivity index (χ0) is 14.2. The van der Waals surface area contributed by atoms with Crippen LogP contribution < -0.4 is 5.73 Å². The zero-order valence-electron chi connectivity index (χ0n) is 11.8. The number of nitrogens with zero attached hydrogens (tertiary/aromatic N) is 2. The molecule has 20 heavy (non-hydrogen) atoms. The van der Waals surface area contributed by atoms with Gasteiger partial charge in [0.2, 0.25) is 5.89 Å². The summed E-state index contributed by atoms with van der Waals surface area (Å²) in [5, 5.41) is 3.93. The molecule has 0 unspecified atom stereocenters. The molecule has 0 saturated carbocycles. The van der Waals surface area contributed by atoms with Crippen LogP contribution in [0.2, 0.25) is 0 Å². The Morgan fingerprint density at radius 2 is 2.10 bits per heavy atom. The Bertz CT molecular complexity index is 616. The predicted molar refractivity (Wildman–Crippen MR) is 79.5 cm³/mol. The lowest BCUT2D eigenvalue weighted by Gasteiger charge is -2.11. The van der Waals surface area contributed by atoms with Crippen LogP contribution in [-0.2, 0) is 24.1 Å².